The largest absolute Gasteiger partial charge is 0.368 e. The molecule has 1 saturated heterocycles. The van der Waals surface area contributed by atoms with E-state index in [1.807, 2.05) is 19.1 Å². The number of hydrogen-bond acceptors (Lipinski definition) is 4. The van der Waals surface area contributed by atoms with Crippen LogP contribution >= 0.6 is 0 Å². The lowest BCUT2D eigenvalue weighted by Gasteiger charge is -2.37. The smallest absolute Gasteiger partial charge is 0.173 e. The number of aryl methyl sites for hydroxylation is 1. The first-order chi connectivity index (χ1) is 14.4. The second-order valence-corrected chi connectivity index (χ2v) is 8.26. The number of pyridine rings is 2. The topological polar surface area (TPSA) is 45.5 Å². The van der Waals surface area contributed by atoms with Gasteiger partial charge in [-0.15, -0.1) is 0 Å². The summed E-state index contributed by atoms with van der Waals surface area (Å²) in [6.45, 7) is 7.72. The molecule has 0 amide bonds. The Bertz CT molecular complexity index is 1260. The molecule has 4 aromatic rings. The minimum absolute atomic E-state index is 0.271. The summed E-state index contributed by atoms with van der Waals surface area (Å²) in [5.41, 5.74) is 3.24. The highest BCUT2D eigenvalue weighted by Gasteiger charge is 2.22. The number of rotatable bonds is 2. The molecule has 154 valence electrons. The van der Waals surface area contributed by atoms with Gasteiger partial charge in [0.05, 0.1) is 11.4 Å². The van der Waals surface area contributed by atoms with Gasteiger partial charge in [-0.3, -0.25) is 0 Å². The first-order valence-corrected chi connectivity index (χ1v) is 10.1. The molecule has 30 heavy (non-hydrogen) atoms. The highest BCUT2D eigenvalue weighted by molar-refractivity contribution is 5.85. The van der Waals surface area contributed by atoms with E-state index in [2.05, 4.69) is 34.0 Å². The third-order valence-corrected chi connectivity index (χ3v) is 5.58. The Morgan fingerprint density at radius 3 is 2.50 bits per heavy atom. The Hall–Kier alpha value is -3.06. The summed E-state index contributed by atoms with van der Waals surface area (Å²) in [5, 5.41) is 4.22. The average molecular weight is 407 g/mol. The highest BCUT2D eigenvalue weighted by Crippen LogP contribution is 2.29. The Labute approximate surface area is 173 Å². The van der Waals surface area contributed by atoms with Crippen LogP contribution in [0, 0.1) is 18.6 Å². The molecule has 5 nitrogen and oxygen atoms in total. The van der Waals surface area contributed by atoms with Gasteiger partial charge in [-0.25, -0.2) is 18.7 Å². The molecule has 4 heterocycles. The molecular weight excluding hydrogens is 384 g/mol. The van der Waals surface area contributed by atoms with Crippen molar-refractivity contribution in [3.05, 3.63) is 60.1 Å². The summed E-state index contributed by atoms with van der Waals surface area (Å²) < 4.78 is 31.1. The number of piperazine rings is 1. The summed E-state index contributed by atoms with van der Waals surface area (Å²) in [6.07, 6.45) is 3.52. The van der Waals surface area contributed by atoms with Crippen LogP contribution in [0.1, 0.15) is 19.5 Å². The normalized spacial score (nSPS) is 19.7. The quantitative estimate of drug-likeness (QED) is 0.538. The lowest BCUT2D eigenvalue weighted by molar-refractivity contribution is 0.407. The number of hydrogen-bond donors (Lipinski definition) is 1. The van der Waals surface area contributed by atoms with Gasteiger partial charge in [0.25, 0.3) is 0 Å². The number of anilines is 1. The van der Waals surface area contributed by atoms with E-state index in [1.165, 1.54) is 6.07 Å². The maximum absolute atomic E-state index is 15.0. The van der Waals surface area contributed by atoms with Crippen molar-refractivity contribution in [2.24, 2.45) is 0 Å². The van der Waals surface area contributed by atoms with Crippen molar-refractivity contribution in [2.45, 2.75) is 32.9 Å². The van der Waals surface area contributed by atoms with Crippen LogP contribution in [-0.2, 0) is 0 Å². The van der Waals surface area contributed by atoms with Gasteiger partial charge in [0.2, 0.25) is 0 Å². The van der Waals surface area contributed by atoms with Crippen LogP contribution in [0.3, 0.4) is 0 Å². The Kier molecular flexibility index (Phi) is 4.43. The van der Waals surface area contributed by atoms with Crippen molar-refractivity contribution < 1.29 is 8.78 Å². The molecule has 2 atom stereocenters. The third-order valence-electron chi connectivity index (χ3n) is 5.58. The summed E-state index contributed by atoms with van der Waals surface area (Å²) in [7, 11) is 0. The van der Waals surface area contributed by atoms with E-state index in [-0.39, 0.29) is 17.0 Å². The third kappa shape index (κ3) is 3.29. The molecule has 0 aliphatic carbocycles. The van der Waals surface area contributed by atoms with E-state index in [1.54, 1.807) is 28.9 Å². The number of halogens is 2. The highest BCUT2D eigenvalue weighted by atomic mass is 19.1. The fourth-order valence-electron chi connectivity index (χ4n) is 4.38. The maximum atomic E-state index is 15.0. The van der Waals surface area contributed by atoms with E-state index in [4.69, 9.17) is 0 Å². The van der Waals surface area contributed by atoms with Crippen molar-refractivity contribution in [1.82, 2.24) is 19.7 Å². The van der Waals surface area contributed by atoms with Crippen LogP contribution in [0.5, 0.6) is 0 Å². The predicted octanol–water partition coefficient (Wildman–Crippen LogP) is 4.32. The summed E-state index contributed by atoms with van der Waals surface area (Å²) in [6, 6.07) is 9.25. The van der Waals surface area contributed by atoms with Crippen molar-refractivity contribution >= 4 is 22.2 Å². The van der Waals surface area contributed by atoms with Gasteiger partial charge in [0.15, 0.2) is 17.3 Å². The van der Waals surface area contributed by atoms with E-state index in [9.17, 15) is 4.39 Å². The second-order valence-electron chi connectivity index (χ2n) is 8.26. The minimum Gasteiger partial charge on any atom is -0.368 e. The minimum atomic E-state index is -0.430. The van der Waals surface area contributed by atoms with E-state index in [0.29, 0.717) is 23.3 Å². The van der Waals surface area contributed by atoms with Crippen LogP contribution in [-0.4, -0.2) is 39.5 Å². The molecular formula is C23H23F2N5. The van der Waals surface area contributed by atoms with Crippen molar-refractivity contribution in [3.8, 4) is 11.3 Å². The molecule has 1 fully saturated rings. The van der Waals surface area contributed by atoms with Gasteiger partial charge in [0, 0.05) is 54.2 Å². The van der Waals surface area contributed by atoms with Crippen LogP contribution < -0.4 is 10.2 Å². The standard InChI is InChI=1S/C23H23F2N5/c1-13-9-29(10-14(2)26-13)18-6-16-4-5-21(28-22(16)19(24)8-18)17-7-20(25)23-27-15(3)11-30(23)12-17/h4-8,11-14,26H,9-10H2,1-3H3/t13-,14+. The molecule has 0 radical (unpaired) electrons. The average Bonchev–Trinajstić information content (AvgIpc) is 3.08. The number of benzene rings is 1. The molecule has 0 saturated carbocycles. The monoisotopic (exact) mass is 407 g/mol. The maximum Gasteiger partial charge on any atom is 0.173 e. The zero-order valence-corrected chi connectivity index (χ0v) is 17.2. The van der Waals surface area contributed by atoms with E-state index >= 15 is 4.39 Å². The zero-order valence-electron chi connectivity index (χ0n) is 17.2. The predicted molar refractivity (Wildman–Crippen MR) is 115 cm³/mol. The number of nitrogens with zero attached hydrogens (tertiary/aromatic N) is 4. The lowest BCUT2D eigenvalue weighted by atomic mass is 10.1. The van der Waals surface area contributed by atoms with Gasteiger partial charge >= 0.3 is 0 Å². The second kappa shape index (κ2) is 7.02. The molecule has 1 N–H and O–H groups in total. The SMILES string of the molecule is Cc1cn2cc(-c3ccc4cc(N5C[C@@H](C)N[C@@H](C)C5)cc(F)c4n3)cc(F)c2n1. The number of nitrogens with one attached hydrogen (secondary N) is 1. The molecule has 1 aromatic carbocycles. The number of aromatic nitrogens is 3. The summed E-state index contributed by atoms with van der Waals surface area (Å²) in [5.74, 6) is -0.802. The molecule has 3 aromatic heterocycles. The van der Waals surface area contributed by atoms with E-state index in [0.717, 1.165) is 29.9 Å². The van der Waals surface area contributed by atoms with Gasteiger partial charge in [-0.05, 0) is 45.0 Å². The van der Waals surface area contributed by atoms with Gasteiger partial charge in [-0.1, -0.05) is 6.07 Å². The number of fused-ring (bicyclic) bond motifs is 2. The van der Waals surface area contributed by atoms with Gasteiger partial charge < -0.3 is 14.6 Å². The molecule has 1 aliphatic heterocycles. The lowest BCUT2D eigenvalue weighted by Crippen LogP contribution is -2.54. The molecule has 0 spiro atoms. The molecule has 0 unspecified atom stereocenters. The van der Waals surface area contributed by atoms with Gasteiger partial charge in [0.1, 0.15) is 5.52 Å². The van der Waals surface area contributed by atoms with Crippen LogP contribution in [0.15, 0.2) is 42.7 Å². The van der Waals surface area contributed by atoms with Crippen molar-refractivity contribution in [1.29, 1.82) is 0 Å². The molecule has 5 rings (SSSR count). The van der Waals surface area contributed by atoms with Crippen LogP contribution in [0.2, 0.25) is 0 Å². The summed E-state index contributed by atoms with van der Waals surface area (Å²) >= 11 is 0. The fourth-order valence-corrected chi connectivity index (χ4v) is 4.38. The molecule has 1 aliphatic rings. The Morgan fingerprint density at radius 2 is 1.73 bits per heavy atom. The van der Waals surface area contributed by atoms with Crippen molar-refractivity contribution in [3.63, 3.8) is 0 Å². The Morgan fingerprint density at radius 1 is 0.967 bits per heavy atom. The first kappa shape index (κ1) is 18.9. The fraction of sp³-hybridized carbons (Fsp3) is 0.304. The Balaban J connectivity index is 1.56. The van der Waals surface area contributed by atoms with Gasteiger partial charge in [-0.2, -0.15) is 0 Å². The molecule has 7 heteroatoms. The number of imidazole rings is 1. The van der Waals surface area contributed by atoms with E-state index < -0.39 is 5.82 Å². The van der Waals surface area contributed by atoms with Crippen LogP contribution in [0.4, 0.5) is 14.5 Å². The molecule has 0 bridgehead atoms. The summed E-state index contributed by atoms with van der Waals surface area (Å²) in [4.78, 5) is 10.9. The first-order valence-electron chi connectivity index (χ1n) is 10.1. The van der Waals surface area contributed by atoms with Crippen molar-refractivity contribution in [2.75, 3.05) is 18.0 Å². The zero-order chi connectivity index (χ0) is 21.0. The van der Waals surface area contributed by atoms with Crippen LogP contribution in [0.25, 0.3) is 27.8 Å².